The number of alkyl halides is 2. The van der Waals surface area contributed by atoms with Crippen LogP contribution in [0.3, 0.4) is 0 Å². The highest BCUT2D eigenvalue weighted by molar-refractivity contribution is 6.29. The van der Waals surface area contributed by atoms with E-state index >= 15 is 0 Å². The average molecular weight is 478 g/mol. The Morgan fingerprint density at radius 2 is 1.94 bits per heavy atom. The fraction of sp³-hybridized carbons (Fsp3) is 0.364. The number of pyridine rings is 2. The summed E-state index contributed by atoms with van der Waals surface area (Å²) in [4.78, 5) is 34.6. The van der Waals surface area contributed by atoms with Gasteiger partial charge >= 0.3 is 5.97 Å². The van der Waals surface area contributed by atoms with E-state index in [1.165, 1.54) is 22.6 Å². The molecule has 0 radical (unpaired) electrons. The number of nitrogens with one attached hydrogen (secondary N) is 1. The fourth-order valence-corrected chi connectivity index (χ4v) is 4.08. The lowest BCUT2D eigenvalue weighted by Crippen LogP contribution is -2.40. The van der Waals surface area contributed by atoms with Crippen LogP contribution in [-0.4, -0.2) is 44.5 Å². The van der Waals surface area contributed by atoms with Crippen molar-refractivity contribution in [2.24, 2.45) is 0 Å². The first-order valence-corrected chi connectivity index (χ1v) is 10.7. The van der Waals surface area contributed by atoms with Crippen LogP contribution >= 0.6 is 11.6 Å². The van der Waals surface area contributed by atoms with Crippen molar-refractivity contribution in [1.29, 1.82) is 0 Å². The molecule has 1 fully saturated rings. The van der Waals surface area contributed by atoms with Crippen LogP contribution in [0.25, 0.3) is 5.65 Å². The van der Waals surface area contributed by atoms with E-state index in [-0.39, 0.29) is 48.0 Å². The van der Waals surface area contributed by atoms with Crippen molar-refractivity contribution in [1.82, 2.24) is 14.4 Å². The zero-order valence-electron chi connectivity index (χ0n) is 18.0. The first kappa shape index (κ1) is 22.9. The molecule has 0 amide bonds. The van der Waals surface area contributed by atoms with E-state index in [1.54, 1.807) is 18.0 Å². The summed E-state index contributed by atoms with van der Waals surface area (Å²) >= 11 is 5.84. The number of piperidine rings is 1. The summed E-state index contributed by atoms with van der Waals surface area (Å²) in [5, 5.41) is 12.6. The molecular formula is C22H22ClF2N5O3. The zero-order chi connectivity index (χ0) is 23.9. The Morgan fingerprint density at radius 3 is 2.61 bits per heavy atom. The molecule has 1 aliphatic heterocycles. The van der Waals surface area contributed by atoms with Gasteiger partial charge in [-0.25, -0.2) is 23.5 Å². The molecule has 33 heavy (non-hydrogen) atoms. The van der Waals surface area contributed by atoms with Gasteiger partial charge in [-0.2, -0.15) is 0 Å². The summed E-state index contributed by atoms with van der Waals surface area (Å²) < 4.78 is 28.6. The molecule has 1 saturated heterocycles. The smallest absolute Gasteiger partial charge is 0.356 e. The van der Waals surface area contributed by atoms with Crippen molar-refractivity contribution in [2.45, 2.75) is 38.7 Å². The second-order valence-corrected chi connectivity index (χ2v) is 8.55. The maximum Gasteiger partial charge on any atom is 0.356 e. The molecule has 11 heteroatoms. The number of hydrogen-bond acceptors (Lipinski definition) is 6. The van der Waals surface area contributed by atoms with Gasteiger partial charge in [-0.05, 0) is 37.6 Å². The average Bonchev–Trinajstić information content (AvgIpc) is 2.74. The number of fused-ring (bicyclic) bond motifs is 1. The van der Waals surface area contributed by atoms with Gasteiger partial charge in [0.15, 0.2) is 5.69 Å². The Labute approximate surface area is 192 Å². The number of carboxylic acid groups (broad SMARTS) is 1. The van der Waals surface area contributed by atoms with Gasteiger partial charge in [0.25, 0.3) is 11.5 Å². The number of anilines is 2. The normalized spacial score (nSPS) is 16.6. The first-order chi connectivity index (χ1) is 15.5. The number of nitrogens with zero attached hydrogens (tertiary/aromatic N) is 4. The van der Waals surface area contributed by atoms with Crippen LogP contribution in [0.1, 0.15) is 47.4 Å². The van der Waals surface area contributed by atoms with Crippen molar-refractivity contribution in [2.75, 3.05) is 23.3 Å². The molecule has 0 bridgehead atoms. The molecule has 4 heterocycles. The van der Waals surface area contributed by atoms with Gasteiger partial charge in [0.2, 0.25) is 0 Å². The molecule has 8 nitrogen and oxygen atoms in total. The van der Waals surface area contributed by atoms with Crippen LogP contribution in [-0.2, 0) is 0 Å². The minimum absolute atomic E-state index is 0.0524. The van der Waals surface area contributed by atoms with Gasteiger partial charge in [-0.15, -0.1) is 0 Å². The predicted molar refractivity (Wildman–Crippen MR) is 121 cm³/mol. The van der Waals surface area contributed by atoms with E-state index in [9.17, 15) is 23.5 Å². The minimum Gasteiger partial charge on any atom is -0.476 e. The van der Waals surface area contributed by atoms with E-state index in [0.29, 0.717) is 17.0 Å². The van der Waals surface area contributed by atoms with Crippen molar-refractivity contribution in [3.8, 4) is 0 Å². The lowest BCUT2D eigenvalue weighted by molar-refractivity contribution is -0.0221. The van der Waals surface area contributed by atoms with Crippen molar-refractivity contribution in [3.63, 3.8) is 0 Å². The highest BCUT2D eigenvalue weighted by atomic mass is 35.5. The topological polar surface area (TPSA) is 99.8 Å². The minimum atomic E-state index is -2.71. The highest BCUT2D eigenvalue weighted by Crippen LogP contribution is 2.31. The molecular weight excluding hydrogens is 456 g/mol. The molecule has 0 unspecified atom stereocenters. The number of rotatable bonds is 5. The number of aromatic nitrogens is 3. The van der Waals surface area contributed by atoms with Crippen molar-refractivity contribution in [3.05, 3.63) is 62.8 Å². The van der Waals surface area contributed by atoms with Crippen LogP contribution in [0.2, 0.25) is 5.15 Å². The summed E-state index contributed by atoms with van der Waals surface area (Å²) in [6.07, 6.45) is 1.06. The Balaban J connectivity index is 1.75. The predicted octanol–water partition coefficient (Wildman–Crippen LogP) is 4.16. The molecule has 1 atom stereocenters. The molecule has 1 aliphatic rings. The summed E-state index contributed by atoms with van der Waals surface area (Å²) in [7, 11) is 0. The standard InChI is InChI=1S/C22H22ClF2N5O3/c1-12-9-14(13(2)26-15-3-4-16(23)27-19(15)21(32)33)20-28-17(10-18(31)30(20)11-12)29-7-5-22(24,25)6-8-29/h3-4,9-11,13,26H,5-8H2,1-2H3,(H,32,33)/t13-/m1/s1. The van der Waals surface area contributed by atoms with Gasteiger partial charge in [-0.3, -0.25) is 9.20 Å². The lowest BCUT2D eigenvalue weighted by Gasteiger charge is -2.32. The number of carboxylic acids is 1. The van der Waals surface area contributed by atoms with E-state index in [0.717, 1.165) is 5.56 Å². The molecule has 2 N–H and O–H groups in total. The van der Waals surface area contributed by atoms with Gasteiger partial charge < -0.3 is 15.3 Å². The molecule has 0 saturated carbocycles. The van der Waals surface area contributed by atoms with Gasteiger partial charge in [0.1, 0.15) is 16.6 Å². The number of aryl methyl sites for hydroxylation is 1. The molecule has 0 aromatic carbocycles. The van der Waals surface area contributed by atoms with E-state index < -0.39 is 17.9 Å². The van der Waals surface area contributed by atoms with E-state index in [1.807, 2.05) is 13.0 Å². The third kappa shape index (κ3) is 4.75. The third-order valence-electron chi connectivity index (χ3n) is 5.63. The lowest BCUT2D eigenvalue weighted by atomic mass is 10.1. The Hall–Kier alpha value is -3.27. The maximum absolute atomic E-state index is 13.6. The summed E-state index contributed by atoms with van der Waals surface area (Å²) in [6, 6.07) is 5.73. The third-order valence-corrected chi connectivity index (χ3v) is 5.84. The Morgan fingerprint density at radius 1 is 1.24 bits per heavy atom. The maximum atomic E-state index is 13.6. The summed E-state index contributed by atoms with van der Waals surface area (Å²) in [6.45, 7) is 3.83. The Kier molecular flexibility index (Phi) is 5.96. The van der Waals surface area contributed by atoms with Crippen molar-refractivity contribution >= 4 is 34.7 Å². The highest BCUT2D eigenvalue weighted by Gasteiger charge is 2.34. The molecule has 0 spiro atoms. The summed E-state index contributed by atoms with van der Waals surface area (Å²) in [5.41, 5.74) is 1.50. The van der Waals surface area contributed by atoms with E-state index in [2.05, 4.69) is 15.3 Å². The SMILES string of the molecule is Cc1cc([C@@H](C)Nc2ccc(Cl)nc2C(=O)O)c2nc(N3CCC(F)(F)CC3)cc(=O)n2c1. The van der Waals surface area contributed by atoms with Gasteiger partial charge in [-0.1, -0.05) is 11.6 Å². The monoisotopic (exact) mass is 477 g/mol. The second-order valence-electron chi connectivity index (χ2n) is 8.16. The molecule has 0 aliphatic carbocycles. The molecule has 4 rings (SSSR count). The first-order valence-electron chi connectivity index (χ1n) is 10.4. The second kappa shape index (κ2) is 8.58. The number of aromatic carboxylic acids is 1. The van der Waals surface area contributed by atoms with Crippen LogP contribution in [0.4, 0.5) is 20.3 Å². The van der Waals surface area contributed by atoms with Crippen LogP contribution in [0.5, 0.6) is 0 Å². The van der Waals surface area contributed by atoms with Crippen LogP contribution in [0, 0.1) is 6.92 Å². The van der Waals surface area contributed by atoms with Gasteiger partial charge in [0.05, 0.1) is 11.7 Å². The fourth-order valence-electron chi connectivity index (χ4n) is 3.93. The number of hydrogen-bond donors (Lipinski definition) is 2. The van der Waals surface area contributed by atoms with Crippen LogP contribution < -0.4 is 15.8 Å². The van der Waals surface area contributed by atoms with E-state index in [4.69, 9.17) is 11.6 Å². The molecule has 3 aromatic heterocycles. The van der Waals surface area contributed by atoms with Crippen LogP contribution in [0.15, 0.2) is 35.3 Å². The largest absolute Gasteiger partial charge is 0.476 e. The zero-order valence-corrected chi connectivity index (χ0v) is 18.7. The quantitative estimate of drug-likeness (QED) is 0.532. The van der Waals surface area contributed by atoms with Gasteiger partial charge in [0, 0.05) is 43.8 Å². The van der Waals surface area contributed by atoms with Crippen molar-refractivity contribution < 1.29 is 18.7 Å². The molecule has 174 valence electrons. The number of carbonyl (C=O) groups is 1. The summed E-state index contributed by atoms with van der Waals surface area (Å²) in [5.74, 6) is -3.61. The Bertz CT molecular complexity index is 1290. The number of halogens is 3. The molecule has 3 aromatic rings.